The van der Waals surface area contributed by atoms with Crippen LogP contribution in [0, 0.1) is 6.92 Å². The van der Waals surface area contributed by atoms with Crippen molar-refractivity contribution in [2.45, 2.75) is 13.3 Å². The van der Waals surface area contributed by atoms with Gasteiger partial charge in [-0.3, -0.25) is 9.59 Å². The van der Waals surface area contributed by atoms with Gasteiger partial charge in [0.25, 0.3) is 5.91 Å². The van der Waals surface area contributed by atoms with Gasteiger partial charge < -0.3 is 24.3 Å². The molecule has 0 saturated carbocycles. The van der Waals surface area contributed by atoms with Crippen molar-refractivity contribution in [2.24, 2.45) is 0 Å². The van der Waals surface area contributed by atoms with Crippen molar-refractivity contribution in [3.05, 3.63) is 89.7 Å². The minimum Gasteiger partial charge on any atom is -0.497 e. The van der Waals surface area contributed by atoms with E-state index in [9.17, 15) is 9.59 Å². The summed E-state index contributed by atoms with van der Waals surface area (Å²) in [6.07, 6.45) is 0.215. The molecule has 0 radical (unpaired) electrons. The minimum atomic E-state index is -0.220. The first-order chi connectivity index (χ1) is 17.5. The van der Waals surface area contributed by atoms with Gasteiger partial charge in [0.05, 0.1) is 13.5 Å². The zero-order valence-corrected chi connectivity index (χ0v) is 20.5. The molecule has 0 aliphatic carbocycles. The third-order valence-corrected chi connectivity index (χ3v) is 6.52. The summed E-state index contributed by atoms with van der Waals surface area (Å²) < 4.78 is 11.3. The Kier molecular flexibility index (Phi) is 6.62. The van der Waals surface area contributed by atoms with Gasteiger partial charge in [-0.05, 0) is 36.8 Å². The van der Waals surface area contributed by atoms with Crippen LogP contribution >= 0.6 is 0 Å². The van der Waals surface area contributed by atoms with Gasteiger partial charge in [0.15, 0.2) is 0 Å². The van der Waals surface area contributed by atoms with Crippen LogP contribution in [0.15, 0.2) is 77.2 Å². The molecule has 5 rings (SSSR count). The Morgan fingerprint density at radius 2 is 1.69 bits per heavy atom. The van der Waals surface area contributed by atoms with E-state index < -0.39 is 0 Å². The average Bonchev–Trinajstić information content (AvgIpc) is 3.28. The molecule has 184 valence electrons. The third-order valence-electron chi connectivity index (χ3n) is 6.52. The van der Waals surface area contributed by atoms with E-state index in [4.69, 9.17) is 9.15 Å². The van der Waals surface area contributed by atoms with Crippen LogP contribution in [0.3, 0.4) is 0 Å². The Morgan fingerprint density at radius 1 is 0.944 bits per heavy atom. The number of ether oxygens (including phenoxy) is 1. The van der Waals surface area contributed by atoms with Crippen LogP contribution in [-0.2, 0) is 11.2 Å². The summed E-state index contributed by atoms with van der Waals surface area (Å²) in [7, 11) is 1.65. The summed E-state index contributed by atoms with van der Waals surface area (Å²) >= 11 is 0. The topological polar surface area (TPSA) is 75.0 Å². The van der Waals surface area contributed by atoms with Crippen LogP contribution < -0.4 is 15.0 Å². The van der Waals surface area contributed by atoms with Crippen molar-refractivity contribution >= 4 is 34.2 Å². The number of anilines is 2. The Labute approximate surface area is 210 Å². The van der Waals surface area contributed by atoms with E-state index in [0.717, 1.165) is 22.6 Å². The van der Waals surface area contributed by atoms with Crippen molar-refractivity contribution < 1.29 is 18.7 Å². The molecule has 4 aromatic rings. The van der Waals surface area contributed by atoms with Crippen LogP contribution in [0.25, 0.3) is 11.0 Å². The number of methoxy groups -OCH3 is 1. The molecule has 1 fully saturated rings. The van der Waals surface area contributed by atoms with E-state index in [-0.39, 0.29) is 24.0 Å². The van der Waals surface area contributed by atoms with Crippen LogP contribution in [0.5, 0.6) is 5.75 Å². The largest absolute Gasteiger partial charge is 0.497 e. The van der Waals surface area contributed by atoms with Crippen LogP contribution in [0.4, 0.5) is 11.4 Å². The normalized spacial score (nSPS) is 13.6. The van der Waals surface area contributed by atoms with Gasteiger partial charge >= 0.3 is 0 Å². The number of hydrogen-bond acceptors (Lipinski definition) is 5. The zero-order valence-electron chi connectivity index (χ0n) is 20.5. The number of nitrogens with one attached hydrogen (secondary N) is 1. The van der Waals surface area contributed by atoms with Crippen molar-refractivity contribution in [2.75, 3.05) is 43.5 Å². The SMILES string of the molecule is COc1cccc(N2CCN(C(=O)c3oc4ccccc4c3NC(=O)Cc3ccc(C)cc3)CC2)c1. The zero-order chi connectivity index (χ0) is 25.1. The van der Waals surface area contributed by atoms with Crippen molar-refractivity contribution in [3.8, 4) is 5.75 Å². The summed E-state index contributed by atoms with van der Waals surface area (Å²) in [5, 5.41) is 3.68. The van der Waals surface area contributed by atoms with Gasteiger partial charge in [0.1, 0.15) is 17.0 Å². The summed E-state index contributed by atoms with van der Waals surface area (Å²) in [5.74, 6) is 0.562. The highest BCUT2D eigenvalue weighted by atomic mass is 16.5. The lowest BCUT2D eigenvalue weighted by Gasteiger charge is -2.36. The lowest BCUT2D eigenvalue weighted by Crippen LogP contribution is -2.48. The lowest BCUT2D eigenvalue weighted by molar-refractivity contribution is -0.115. The number of para-hydroxylation sites is 1. The Bertz CT molecular complexity index is 1390. The molecule has 0 atom stereocenters. The maximum absolute atomic E-state index is 13.6. The lowest BCUT2D eigenvalue weighted by atomic mass is 10.1. The van der Waals surface area contributed by atoms with Crippen molar-refractivity contribution in [1.29, 1.82) is 0 Å². The molecule has 1 aliphatic rings. The van der Waals surface area contributed by atoms with Gasteiger partial charge in [-0.1, -0.05) is 48.0 Å². The molecule has 36 heavy (non-hydrogen) atoms. The predicted octanol–water partition coefficient (Wildman–Crippen LogP) is 4.89. The number of fused-ring (bicyclic) bond motifs is 1. The van der Waals surface area contributed by atoms with E-state index in [0.29, 0.717) is 42.8 Å². The Morgan fingerprint density at radius 3 is 2.44 bits per heavy atom. The maximum atomic E-state index is 13.6. The number of rotatable bonds is 6. The van der Waals surface area contributed by atoms with Crippen LogP contribution in [0.1, 0.15) is 21.7 Å². The van der Waals surface area contributed by atoms with E-state index in [1.165, 1.54) is 0 Å². The molecule has 1 N–H and O–H groups in total. The van der Waals surface area contributed by atoms with E-state index in [2.05, 4.69) is 10.2 Å². The smallest absolute Gasteiger partial charge is 0.291 e. The van der Waals surface area contributed by atoms with E-state index in [1.54, 1.807) is 12.0 Å². The molecule has 0 spiro atoms. The second-order valence-corrected chi connectivity index (χ2v) is 8.99. The highest BCUT2D eigenvalue weighted by Crippen LogP contribution is 2.32. The fraction of sp³-hybridized carbons (Fsp3) is 0.241. The van der Waals surface area contributed by atoms with Crippen LogP contribution in [0.2, 0.25) is 0 Å². The number of benzene rings is 3. The number of amides is 2. The van der Waals surface area contributed by atoms with Gasteiger partial charge in [-0.25, -0.2) is 0 Å². The molecular weight excluding hydrogens is 454 g/mol. The first-order valence-electron chi connectivity index (χ1n) is 12.1. The molecule has 7 heteroatoms. The average molecular weight is 484 g/mol. The number of hydrogen-bond donors (Lipinski definition) is 1. The molecule has 0 bridgehead atoms. The Balaban J connectivity index is 1.33. The highest BCUT2D eigenvalue weighted by molar-refractivity contribution is 6.11. The fourth-order valence-electron chi connectivity index (χ4n) is 4.51. The molecule has 1 aliphatic heterocycles. The number of piperazine rings is 1. The molecule has 0 unspecified atom stereocenters. The van der Waals surface area contributed by atoms with E-state index in [1.807, 2.05) is 79.7 Å². The van der Waals surface area contributed by atoms with Crippen molar-refractivity contribution in [3.63, 3.8) is 0 Å². The second-order valence-electron chi connectivity index (χ2n) is 8.99. The monoisotopic (exact) mass is 483 g/mol. The van der Waals surface area contributed by atoms with Gasteiger partial charge in [0.2, 0.25) is 11.7 Å². The standard InChI is InChI=1S/C29H29N3O4/c1-20-10-12-21(13-11-20)18-26(33)30-27-24-8-3-4-9-25(24)36-28(27)29(34)32-16-14-31(15-17-32)22-6-5-7-23(19-22)35-2/h3-13,19H,14-18H2,1-2H3,(H,30,33). The quantitative estimate of drug-likeness (QED) is 0.423. The second kappa shape index (κ2) is 10.2. The summed E-state index contributed by atoms with van der Waals surface area (Å²) in [5.41, 5.74) is 4.12. The van der Waals surface area contributed by atoms with Gasteiger partial charge in [0, 0.05) is 43.3 Å². The Hall–Kier alpha value is -4.26. The summed E-state index contributed by atoms with van der Waals surface area (Å²) in [4.78, 5) is 30.5. The third kappa shape index (κ3) is 4.91. The van der Waals surface area contributed by atoms with Crippen LogP contribution in [-0.4, -0.2) is 50.0 Å². The first-order valence-corrected chi connectivity index (χ1v) is 12.1. The highest BCUT2D eigenvalue weighted by Gasteiger charge is 2.29. The molecule has 2 amide bonds. The maximum Gasteiger partial charge on any atom is 0.291 e. The number of furan rings is 1. The molecule has 7 nitrogen and oxygen atoms in total. The van der Waals surface area contributed by atoms with Crippen molar-refractivity contribution in [1.82, 2.24) is 4.90 Å². The molecule has 1 aromatic heterocycles. The molecule has 2 heterocycles. The predicted molar refractivity (Wildman–Crippen MR) is 141 cm³/mol. The number of carbonyl (C=O) groups excluding carboxylic acids is 2. The first kappa shape index (κ1) is 23.5. The molecule has 1 saturated heterocycles. The fourth-order valence-corrected chi connectivity index (χ4v) is 4.51. The minimum absolute atomic E-state index is 0.170. The molecular formula is C29H29N3O4. The van der Waals surface area contributed by atoms with Gasteiger partial charge in [-0.2, -0.15) is 0 Å². The summed E-state index contributed by atoms with van der Waals surface area (Å²) in [6.45, 7) is 4.48. The number of nitrogens with zero attached hydrogens (tertiary/aromatic N) is 2. The summed E-state index contributed by atoms with van der Waals surface area (Å²) in [6, 6.07) is 23.2. The van der Waals surface area contributed by atoms with E-state index >= 15 is 0 Å². The molecule has 3 aromatic carbocycles. The van der Waals surface area contributed by atoms with Gasteiger partial charge in [-0.15, -0.1) is 0 Å². The number of carbonyl (C=O) groups is 2. The number of aryl methyl sites for hydroxylation is 1.